The number of fused-ring (bicyclic) bond motifs is 1. The van der Waals surface area contributed by atoms with E-state index in [4.69, 9.17) is 5.73 Å². The Labute approximate surface area is 70.6 Å². The molecule has 2 heterocycles. The number of nitrogens with zero attached hydrogens (tertiary/aromatic N) is 1. The molecule has 3 heteroatoms. The Bertz CT molecular complexity index is 403. The van der Waals surface area contributed by atoms with E-state index in [1.54, 1.807) is 0 Å². The van der Waals surface area contributed by atoms with Gasteiger partial charge in [-0.05, 0) is 25.1 Å². The van der Waals surface area contributed by atoms with Crippen LogP contribution in [0.1, 0.15) is 11.4 Å². The lowest BCUT2D eigenvalue weighted by atomic mass is 10.3. The molecule has 0 saturated carbocycles. The number of hydrogen-bond donors (Lipinski definition) is 2. The van der Waals surface area contributed by atoms with Gasteiger partial charge in [-0.3, -0.25) is 4.98 Å². The van der Waals surface area contributed by atoms with Crippen LogP contribution in [-0.4, -0.2) is 9.97 Å². The minimum Gasteiger partial charge on any atom is -0.356 e. The van der Waals surface area contributed by atoms with Crippen molar-refractivity contribution in [1.82, 2.24) is 9.97 Å². The van der Waals surface area contributed by atoms with Crippen LogP contribution in [0.5, 0.6) is 0 Å². The van der Waals surface area contributed by atoms with Gasteiger partial charge in [-0.25, -0.2) is 0 Å². The highest BCUT2D eigenvalue weighted by molar-refractivity contribution is 5.76. The third kappa shape index (κ3) is 1.08. The largest absolute Gasteiger partial charge is 0.356 e. The summed E-state index contributed by atoms with van der Waals surface area (Å²) in [6.45, 7) is 2.52. The smallest absolute Gasteiger partial charge is 0.0885 e. The molecule has 2 aromatic heterocycles. The molecule has 0 amide bonds. The first-order valence-electron chi connectivity index (χ1n) is 3.95. The molecule has 0 bridgehead atoms. The van der Waals surface area contributed by atoms with Crippen LogP contribution in [0.3, 0.4) is 0 Å². The molecule has 0 atom stereocenters. The Morgan fingerprint density at radius 3 is 3.08 bits per heavy atom. The van der Waals surface area contributed by atoms with Crippen molar-refractivity contribution in [1.29, 1.82) is 0 Å². The normalized spacial score (nSPS) is 10.8. The van der Waals surface area contributed by atoms with Gasteiger partial charge in [-0.1, -0.05) is 0 Å². The number of aryl methyl sites for hydroxylation is 1. The second kappa shape index (κ2) is 2.60. The lowest BCUT2D eigenvalue weighted by Gasteiger charge is -1.89. The van der Waals surface area contributed by atoms with Crippen molar-refractivity contribution in [2.24, 2.45) is 5.73 Å². The number of nitrogens with two attached hydrogens (primary N) is 1. The van der Waals surface area contributed by atoms with Gasteiger partial charge in [0.2, 0.25) is 0 Å². The zero-order valence-electron chi connectivity index (χ0n) is 6.96. The highest BCUT2D eigenvalue weighted by atomic mass is 14.8. The SMILES string of the molecule is Cc1ccc2[nH]c(CN)cc2n1. The predicted molar refractivity (Wildman–Crippen MR) is 48.7 cm³/mol. The lowest BCUT2D eigenvalue weighted by Crippen LogP contribution is -1.94. The number of aromatic amines is 1. The number of pyridine rings is 1. The molecule has 2 rings (SSSR count). The molecule has 0 aromatic carbocycles. The fourth-order valence-electron chi connectivity index (χ4n) is 1.28. The quantitative estimate of drug-likeness (QED) is 0.663. The third-order valence-corrected chi connectivity index (χ3v) is 1.89. The van der Waals surface area contributed by atoms with E-state index in [0.29, 0.717) is 6.54 Å². The first-order chi connectivity index (χ1) is 5.79. The van der Waals surface area contributed by atoms with Gasteiger partial charge in [-0.15, -0.1) is 0 Å². The number of hydrogen-bond acceptors (Lipinski definition) is 2. The minimum atomic E-state index is 0.537. The van der Waals surface area contributed by atoms with Gasteiger partial charge >= 0.3 is 0 Å². The molecule has 12 heavy (non-hydrogen) atoms. The summed E-state index contributed by atoms with van der Waals surface area (Å²) in [5, 5.41) is 0. The number of H-pyrrole nitrogens is 1. The van der Waals surface area contributed by atoms with Gasteiger partial charge < -0.3 is 10.7 Å². The molecule has 0 fully saturated rings. The second-order valence-electron chi connectivity index (χ2n) is 2.88. The fraction of sp³-hybridized carbons (Fsp3) is 0.222. The van der Waals surface area contributed by atoms with Crippen LogP contribution in [0.2, 0.25) is 0 Å². The molecule has 0 saturated heterocycles. The van der Waals surface area contributed by atoms with E-state index in [-0.39, 0.29) is 0 Å². The second-order valence-corrected chi connectivity index (χ2v) is 2.88. The van der Waals surface area contributed by atoms with Crippen molar-refractivity contribution in [2.45, 2.75) is 13.5 Å². The van der Waals surface area contributed by atoms with Crippen LogP contribution in [0.25, 0.3) is 11.0 Å². The maximum Gasteiger partial charge on any atom is 0.0885 e. The van der Waals surface area contributed by atoms with Crippen LogP contribution in [0.15, 0.2) is 18.2 Å². The van der Waals surface area contributed by atoms with Gasteiger partial charge in [0, 0.05) is 17.9 Å². The van der Waals surface area contributed by atoms with E-state index in [9.17, 15) is 0 Å². The van der Waals surface area contributed by atoms with E-state index in [0.717, 1.165) is 22.4 Å². The highest BCUT2D eigenvalue weighted by Crippen LogP contribution is 2.12. The van der Waals surface area contributed by atoms with Crippen molar-refractivity contribution in [3.8, 4) is 0 Å². The zero-order chi connectivity index (χ0) is 8.55. The van der Waals surface area contributed by atoms with Crippen molar-refractivity contribution in [3.63, 3.8) is 0 Å². The maximum atomic E-state index is 5.49. The monoisotopic (exact) mass is 161 g/mol. The van der Waals surface area contributed by atoms with E-state index in [1.807, 2.05) is 25.1 Å². The Morgan fingerprint density at radius 1 is 1.50 bits per heavy atom. The standard InChI is InChI=1S/C9H11N3/c1-6-2-3-8-9(11-6)4-7(5-10)12-8/h2-4,12H,5,10H2,1H3. The van der Waals surface area contributed by atoms with E-state index >= 15 is 0 Å². The highest BCUT2D eigenvalue weighted by Gasteiger charge is 1.99. The molecule has 62 valence electrons. The van der Waals surface area contributed by atoms with Gasteiger partial charge in [-0.2, -0.15) is 0 Å². The van der Waals surface area contributed by atoms with Gasteiger partial charge in [0.05, 0.1) is 11.0 Å². The average Bonchev–Trinajstić information content (AvgIpc) is 2.46. The first-order valence-corrected chi connectivity index (χ1v) is 3.95. The number of nitrogens with one attached hydrogen (secondary N) is 1. The van der Waals surface area contributed by atoms with Gasteiger partial charge in [0.1, 0.15) is 0 Å². The van der Waals surface area contributed by atoms with Crippen LogP contribution in [0, 0.1) is 6.92 Å². The first kappa shape index (κ1) is 7.31. The van der Waals surface area contributed by atoms with E-state index < -0.39 is 0 Å². The van der Waals surface area contributed by atoms with E-state index in [2.05, 4.69) is 9.97 Å². The number of aromatic nitrogens is 2. The summed E-state index contributed by atoms with van der Waals surface area (Å²) in [7, 11) is 0. The zero-order valence-corrected chi connectivity index (χ0v) is 6.96. The summed E-state index contributed by atoms with van der Waals surface area (Å²) in [6, 6.07) is 6.00. The predicted octanol–water partition coefficient (Wildman–Crippen LogP) is 1.33. The topological polar surface area (TPSA) is 54.7 Å². The number of rotatable bonds is 1. The molecule has 3 N–H and O–H groups in total. The van der Waals surface area contributed by atoms with Crippen LogP contribution >= 0.6 is 0 Å². The summed E-state index contributed by atoms with van der Waals surface area (Å²) in [5.41, 5.74) is 9.61. The molecule has 0 aliphatic heterocycles. The Hall–Kier alpha value is -1.35. The minimum absolute atomic E-state index is 0.537. The van der Waals surface area contributed by atoms with Crippen LogP contribution < -0.4 is 5.73 Å². The lowest BCUT2D eigenvalue weighted by molar-refractivity contribution is 1.02. The summed E-state index contributed by atoms with van der Waals surface area (Å²) < 4.78 is 0. The molecule has 0 spiro atoms. The van der Waals surface area contributed by atoms with Crippen LogP contribution in [0.4, 0.5) is 0 Å². The average molecular weight is 161 g/mol. The van der Waals surface area contributed by atoms with Crippen molar-refractivity contribution < 1.29 is 0 Å². The Kier molecular flexibility index (Phi) is 1.59. The van der Waals surface area contributed by atoms with Gasteiger partial charge in [0.25, 0.3) is 0 Å². The molecule has 3 nitrogen and oxygen atoms in total. The molecule has 0 aliphatic carbocycles. The summed E-state index contributed by atoms with van der Waals surface area (Å²) in [5.74, 6) is 0. The van der Waals surface area contributed by atoms with Crippen LogP contribution in [-0.2, 0) is 6.54 Å². The summed E-state index contributed by atoms with van der Waals surface area (Å²) >= 11 is 0. The summed E-state index contributed by atoms with van der Waals surface area (Å²) in [6.07, 6.45) is 0. The van der Waals surface area contributed by atoms with Crippen molar-refractivity contribution in [3.05, 3.63) is 29.6 Å². The fourth-order valence-corrected chi connectivity index (χ4v) is 1.28. The molecular formula is C9H11N3. The Morgan fingerprint density at radius 2 is 2.33 bits per heavy atom. The molecule has 0 radical (unpaired) electrons. The molecule has 0 unspecified atom stereocenters. The van der Waals surface area contributed by atoms with Gasteiger partial charge in [0.15, 0.2) is 0 Å². The maximum absolute atomic E-state index is 5.49. The summed E-state index contributed by atoms with van der Waals surface area (Å²) in [4.78, 5) is 7.54. The van der Waals surface area contributed by atoms with E-state index in [1.165, 1.54) is 0 Å². The molecule has 0 aliphatic rings. The van der Waals surface area contributed by atoms with Crippen molar-refractivity contribution >= 4 is 11.0 Å². The third-order valence-electron chi connectivity index (χ3n) is 1.89. The Balaban J connectivity index is 2.67. The molecule has 2 aromatic rings. The molecular weight excluding hydrogens is 150 g/mol. The van der Waals surface area contributed by atoms with Crippen molar-refractivity contribution in [2.75, 3.05) is 0 Å².